The van der Waals surface area contributed by atoms with E-state index in [1.807, 2.05) is 7.05 Å². The summed E-state index contributed by atoms with van der Waals surface area (Å²) in [7, 11) is 3.68. The highest BCUT2D eigenvalue weighted by molar-refractivity contribution is 5.17. The Morgan fingerprint density at radius 3 is 3.00 bits per heavy atom. The molecule has 0 saturated carbocycles. The maximum Gasteiger partial charge on any atom is 0.0904 e. The third kappa shape index (κ3) is 2.16. The molecule has 1 heterocycles. The molecule has 14 heavy (non-hydrogen) atoms. The lowest BCUT2D eigenvalue weighted by Crippen LogP contribution is -2.35. The van der Waals surface area contributed by atoms with Crippen molar-refractivity contribution in [2.75, 3.05) is 33.9 Å². The molecule has 3 heteroatoms. The molecule has 3 nitrogen and oxygen atoms in total. The second kappa shape index (κ2) is 4.91. The van der Waals surface area contributed by atoms with Gasteiger partial charge in [0.15, 0.2) is 0 Å². The molecule has 1 rings (SSSR count). The van der Waals surface area contributed by atoms with E-state index in [0.717, 1.165) is 13.0 Å². The predicted octanol–water partition coefficient (Wildman–Crippen LogP) is 1.20. The molecule has 1 aliphatic rings. The van der Waals surface area contributed by atoms with Crippen molar-refractivity contribution in [3.05, 3.63) is 12.2 Å². The van der Waals surface area contributed by atoms with E-state index in [0.29, 0.717) is 13.2 Å². The quantitative estimate of drug-likeness (QED) is 0.675. The van der Waals surface area contributed by atoms with Gasteiger partial charge in [0.2, 0.25) is 0 Å². The number of hydrogen-bond acceptors (Lipinski definition) is 3. The SMILES string of the molecule is C=C1CO[C@@H](COC)[C@]1(C)CCNC. The van der Waals surface area contributed by atoms with E-state index in [1.165, 1.54) is 5.57 Å². The third-order valence-corrected chi connectivity index (χ3v) is 3.19. The van der Waals surface area contributed by atoms with Crippen molar-refractivity contribution < 1.29 is 9.47 Å². The van der Waals surface area contributed by atoms with E-state index in [9.17, 15) is 0 Å². The molecule has 0 aliphatic carbocycles. The van der Waals surface area contributed by atoms with Crippen LogP contribution >= 0.6 is 0 Å². The molecule has 0 bridgehead atoms. The fourth-order valence-corrected chi connectivity index (χ4v) is 1.88. The van der Waals surface area contributed by atoms with Crippen molar-refractivity contribution in [3.8, 4) is 0 Å². The molecule has 0 amide bonds. The summed E-state index contributed by atoms with van der Waals surface area (Å²) < 4.78 is 10.8. The second-order valence-corrected chi connectivity index (χ2v) is 4.13. The Morgan fingerprint density at radius 2 is 2.43 bits per heavy atom. The van der Waals surface area contributed by atoms with E-state index < -0.39 is 0 Å². The van der Waals surface area contributed by atoms with E-state index in [4.69, 9.17) is 9.47 Å². The van der Waals surface area contributed by atoms with Gasteiger partial charge in [0.1, 0.15) is 0 Å². The monoisotopic (exact) mass is 199 g/mol. The standard InChI is InChI=1S/C11H21NO2/c1-9-7-14-10(8-13-4)11(9,2)5-6-12-3/h10,12H,1,5-8H2,2-4H3/t10-,11+/m0/s1. The van der Waals surface area contributed by atoms with Crippen LogP contribution in [0, 0.1) is 5.41 Å². The highest BCUT2D eigenvalue weighted by atomic mass is 16.5. The average Bonchev–Trinajstić information content (AvgIpc) is 2.44. The van der Waals surface area contributed by atoms with Crippen LogP contribution in [-0.4, -0.2) is 40.0 Å². The Bertz CT molecular complexity index is 205. The van der Waals surface area contributed by atoms with Gasteiger partial charge in [0.25, 0.3) is 0 Å². The molecule has 0 aromatic rings. The molecule has 1 aliphatic heterocycles. The summed E-state index contributed by atoms with van der Waals surface area (Å²) in [5, 5.41) is 3.17. The summed E-state index contributed by atoms with van der Waals surface area (Å²) in [5.41, 5.74) is 1.26. The number of methoxy groups -OCH3 is 1. The minimum Gasteiger partial charge on any atom is -0.382 e. The van der Waals surface area contributed by atoms with Gasteiger partial charge < -0.3 is 14.8 Å². The van der Waals surface area contributed by atoms with Crippen LogP contribution < -0.4 is 5.32 Å². The van der Waals surface area contributed by atoms with Crippen molar-refractivity contribution in [2.24, 2.45) is 5.41 Å². The number of ether oxygens (including phenoxy) is 2. The molecule has 0 radical (unpaired) electrons. The van der Waals surface area contributed by atoms with Gasteiger partial charge in [0, 0.05) is 12.5 Å². The van der Waals surface area contributed by atoms with Gasteiger partial charge >= 0.3 is 0 Å². The molecular weight excluding hydrogens is 178 g/mol. The zero-order chi connectivity index (χ0) is 10.6. The lowest BCUT2D eigenvalue weighted by molar-refractivity contribution is -0.00704. The summed E-state index contributed by atoms with van der Waals surface area (Å²) in [6, 6.07) is 0. The first kappa shape index (κ1) is 11.7. The van der Waals surface area contributed by atoms with E-state index in [2.05, 4.69) is 18.8 Å². The smallest absolute Gasteiger partial charge is 0.0904 e. The van der Waals surface area contributed by atoms with Gasteiger partial charge in [-0.25, -0.2) is 0 Å². The minimum absolute atomic E-state index is 0.0685. The third-order valence-electron chi connectivity index (χ3n) is 3.19. The number of rotatable bonds is 5. The molecule has 0 aromatic carbocycles. The maximum atomic E-state index is 5.67. The van der Waals surface area contributed by atoms with Gasteiger partial charge in [-0.1, -0.05) is 13.5 Å². The molecule has 1 N–H and O–H groups in total. The van der Waals surface area contributed by atoms with Crippen molar-refractivity contribution in [3.63, 3.8) is 0 Å². The zero-order valence-electron chi connectivity index (χ0n) is 9.43. The van der Waals surface area contributed by atoms with Gasteiger partial charge in [-0.2, -0.15) is 0 Å². The first-order valence-electron chi connectivity index (χ1n) is 5.08. The van der Waals surface area contributed by atoms with Gasteiger partial charge in [0.05, 0.1) is 19.3 Å². The van der Waals surface area contributed by atoms with Crippen LogP contribution in [0.2, 0.25) is 0 Å². The normalized spacial score (nSPS) is 32.5. The topological polar surface area (TPSA) is 30.5 Å². The Labute approximate surface area is 86.5 Å². The van der Waals surface area contributed by atoms with Gasteiger partial charge in [-0.05, 0) is 25.6 Å². The predicted molar refractivity (Wildman–Crippen MR) is 57.4 cm³/mol. The Balaban J connectivity index is 2.63. The number of nitrogens with one attached hydrogen (secondary N) is 1. The van der Waals surface area contributed by atoms with E-state index in [1.54, 1.807) is 7.11 Å². The van der Waals surface area contributed by atoms with Crippen LogP contribution in [0.4, 0.5) is 0 Å². The molecule has 0 spiro atoms. The van der Waals surface area contributed by atoms with Crippen molar-refractivity contribution >= 4 is 0 Å². The second-order valence-electron chi connectivity index (χ2n) is 4.13. The van der Waals surface area contributed by atoms with Crippen molar-refractivity contribution in [1.82, 2.24) is 5.32 Å². The summed E-state index contributed by atoms with van der Waals surface area (Å²) in [4.78, 5) is 0. The largest absolute Gasteiger partial charge is 0.382 e. The Hall–Kier alpha value is -0.380. The number of hydrogen-bond donors (Lipinski definition) is 1. The molecular formula is C11H21NO2. The molecule has 1 fully saturated rings. The summed E-state index contributed by atoms with van der Waals surface area (Å²) in [6.45, 7) is 8.61. The van der Waals surface area contributed by atoms with Crippen molar-refractivity contribution in [2.45, 2.75) is 19.4 Å². The highest BCUT2D eigenvalue weighted by Gasteiger charge is 2.42. The van der Waals surface area contributed by atoms with Crippen LogP contribution in [0.15, 0.2) is 12.2 Å². The molecule has 1 saturated heterocycles. The van der Waals surface area contributed by atoms with E-state index >= 15 is 0 Å². The van der Waals surface area contributed by atoms with E-state index in [-0.39, 0.29) is 11.5 Å². The summed E-state index contributed by atoms with van der Waals surface area (Å²) in [6.07, 6.45) is 1.21. The lowest BCUT2D eigenvalue weighted by Gasteiger charge is -2.30. The van der Waals surface area contributed by atoms with Gasteiger partial charge in [-0.3, -0.25) is 0 Å². The fourth-order valence-electron chi connectivity index (χ4n) is 1.88. The molecule has 2 atom stereocenters. The molecule has 82 valence electrons. The molecule has 0 unspecified atom stereocenters. The first-order valence-corrected chi connectivity index (χ1v) is 5.08. The summed E-state index contributed by atoms with van der Waals surface area (Å²) >= 11 is 0. The Morgan fingerprint density at radius 1 is 1.71 bits per heavy atom. The maximum absolute atomic E-state index is 5.67. The van der Waals surface area contributed by atoms with Crippen LogP contribution in [0.1, 0.15) is 13.3 Å². The Kier molecular flexibility index (Phi) is 4.11. The van der Waals surface area contributed by atoms with Crippen LogP contribution in [-0.2, 0) is 9.47 Å². The average molecular weight is 199 g/mol. The van der Waals surface area contributed by atoms with Crippen LogP contribution in [0.5, 0.6) is 0 Å². The lowest BCUT2D eigenvalue weighted by atomic mass is 9.77. The van der Waals surface area contributed by atoms with Crippen LogP contribution in [0.25, 0.3) is 0 Å². The van der Waals surface area contributed by atoms with Gasteiger partial charge in [-0.15, -0.1) is 0 Å². The highest BCUT2D eigenvalue weighted by Crippen LogP contribution is 2.41. The minimum atomic E-state index is 0.0685. The fraction of sp³-hybridized carbons (Fsp3) is 0.818. The molecule has 0 aromatic heterocycles. The summed E-state index contributed by atoms with van der Waals surface area (Å²) in [5.74, 6) is 0. The van der Waals surface area contributed by atoms with Crippen LogP contribution in [0.3, 0.4) is 0 Å². The first-order chi connectivity index (χ1) is 6.65. The van der Waals surface area contributed by atoms with Crippen molar-refractivity contribution in [1.29, 1.82) is 0 Å². The zero-order valence-corrected chi connectivity index (χ0v) is 9.43.